The van der Waals surface area contributed by atoms with Crippen LogP contribution in [0.2, 0.25) is 0 Å². The highest BCUT2D eigenvalue weighted by atomic mass is 127. The Balaban J connectivity index is 0.00000364. The minimum absolute atomic E-state index is 0. The Morgan fingerprint density at radius 2 is 2.26 bits per heavy atom. The van der Waals surface area contributed by atoms with Crippen LogP contribution in [0.3, 0.4) is 0 Å². The fourth-order valence-corrected chi connectivity index (χ4v) is 3.57. The van der Waals surface area contributed by atoms with Crippen LogP contribution in [0.1, 0.15) is 51.7 Å². The van der Waals surface area contributed by atoms with Gasteiger partial charge in [-0.05, 0) is 20.3 Å². The highest BCUT2D eigenvalue weighted by Gasteiger charge is 2.18. The van der Waals surface area contributed by atoms with Crippen molar-refractivity contribution in [2.45, 2.75) is 65.0 Å². The molecule has 1 saturated heterocycles. The zero-order valence-electron chi connectivity index (χ0n) is 17.2. The first-order valence-corrected chi connectivity index (χ1v) is 10.5. The van der Waals surface area contributed by atoms with Crippen molar-refractivity contribution in [2.24, 2.45) is 4.99 Å². The molecule has 0 radical (unpaired) electrons. The standard InChI is InChI=1S/C19H34N4O2S.HI/c1-6-20-18(22-14(2)11-25-15-8-10-24-12-15)21-9-7-17-23-16(13-26-17)19(3,4)5;/h13-15H,6-12H2,1-5H3,(H2,20,21,22);1H. The second kappa shape index (κ2) is 12.2. The average Bonchev–Trinajstić information content (AvgIpc) is 3.24. The van der Waals surface area contributed by atoms with Crippen molar-refractivity contribution >= 4 is 41.3 Å². The van der Waals surface area contributed by atoms with E-state index in [1.165, 1.54) is 0 Å². The third-order valence-corrected chi connectivity index (χ3v) is 5.02. The van der Waals surface area contributed by atoms with Crippen LogP contribution in [0.15, 0.2) is 10.4 Å². The number of aromatic nitrogens is 1. The molecule has 2 heterocycles. The van der Waals surface area contributed by atoms with Gasteiger partial charge in [0, 0.05) is 43.0 Å². The zero-order chi connectivity index (χ0) is 19.0. The van der Waals surface area contributed by atoms with Crippen molar-refractivity contribution in [1.29, 1.82) is 0 Å². The van der Waals surface area contributed by atoms with E-state index >= 15 is 0 Å². The lowest BCUT2D eigenvalue weighted by molar-refractivity contribution is 0.0347. The van der Waals surface area contributed by atoms with Gasteiger partial charge in [-0.1, -0.05) is 20.8 Å². The first kappa shape index (κ1) is 24.6. The number of guanidine groups is 1. The van der Waals surface area contributed by atoms with Gasteiger partial charge in [0.15, 0.2) is 5.96 Å². The molecule has 27 heavy (non-hydrogen) atoms. The number of thiazole rings is 1. The summed E-state index contributed by atoms with van der Waals surface area (Å²) in [5.74, 6) is 0.832. The molecule has 1 aromatic rings. The summed E-state index contributed by atoms with van der Waals surface area (Å²) < 4.78 is 11.2. The molecule has 1 aliphatic rings. The van der Waals surface area contributed by atoms with Crippen LogP contribution >= 0.6 is 35.3 Å². The molecule has 1 aliphatic heterocycles. The number of ether oxygens (including phenoxy) is 2. The lowest BCUT2D eigenvalue weighted by Gasteiger charge is -2.19. The van der Waals surface area contributed by atoms with Crippen LogP contribution in [0.4, 0.5) is 0 Å². The van der Waals surface area contributed by atoms with E-state index in [4.69, 9.17) is 14.5 Å². The molecule has 8 heteroatoms. The number of hydrogen-bond donors (Lipinski definition) is 2. The van der Waals surface area contributed by atoms with Crippen LogP contribution in [0.25, 0.3) is 0 Å². The molecule has 0 aliphatic carbocycles. The average molecular weight is 510 g/mol. The van der Waals surface area contributed by atoms with Crippen molar-refractivity contribution in [2.75, 3.05) is 32.9 Å². The number of nitrogens with zero attached hydrogens (tertiary/aromatic N) is 2. The van der Waals surface area contributed by atoms with Gasteiger partial charge < -0.3 is 20.1 Å². The summed E-state index contributed by atoms with van der Waals surface area (Å²) in [5.41, 5.74) is 1.27. The molecule has 0 spiro atoms. The van der Waals surface area contributed by atoms with E-state index in [1.807, 2.05) is 0 Å². The van der Waals surface area contributed by atoms with E-state index in [0.717, 1.165) is 49.2 Å². The van der Waals surface area contributed by atoms with E-state index in [-0.39, 0.29) is 41.5 Å². The summed E-state index contributed by atoms with van der Waals surface area (Å²) in [6.45, 7) is 14.5. The largest absolute Gasteiger partial charge is 0.379 e. The SMILES string of the molecule is CCNC(=NCCc1nc(C(C)(C)C)cs1)NC(C)COC1CCOC1.I. The molecule has 156 valence electrons. The first-order chi connectivity index (χ1) is 12.4. The maximum atomic E-state index is 5.87. The minimum Gasteiger partial charge on any atom is -0.379 e. The summed E-state index contributed by atoms with van der Waals surface area (Å²) in [6, 6.07) is 0.195. The first-order valence-electron chi connectivity index (χ1n) is 9.57. The van der Waals surface area contributed by atoms with Crippen LogP contribution in [-0.2, 0) is 21.3 Å². The van der Waals surface area contributed by atoms with Crippen molar-refractivity contribution in [3.05, 3.63) is 16.1 Å². The van der Waals surface area contributed by atoms with Gasteiger partial charge in [0.25, 0.3) is 0 Å². The number of aliphatic imine (C=N–C) groups is 1. The molecular formula is C19H35IN4O2S. The third kappa shape index (κ3) is 9.06. The van der Waals surface area contributed by atoms with Gasteiger partial charge >= 0.3 is 0 Å². The fourth-order valence-electron chi connectivity index (χ4n) is 2.55. The van der Waals surface area contributed by atoms with Gasteiger partial charge in [0.1, 0.15) is 0 Å². The Kier molecular flexibility index (Phi) is 11.1. The Labute approximate surface area is 184 Å². The molecule has 2 atom stereocenters. The quantitative estimate of drug-likeness (QED) is 0.319. The minimum atomic E-state index is 0. The van der Waals surface area contributed by atoms with Crippen molar-refractivity contribution < 1.29 is 9.47 Å². The van der Waals surface area contributed by atoms with Gasteiger partial charge in [-0.15, -0.1) is 35.3 Å². The Morgan fingerprint density at radius 1 is 1.48 bits per heavy atom. The highest BCUT2D eigenvalue weighted by Crippen LogP contribution is 2.24. The normalized spacial score (nSPS) is 18.9. The smallest absolute Gasteiger partial charge is 0.191 e. The van der Waals surface area contributed by atoms with E-state index in [9.17, 15) is 0 Å². The van der Waals surface area contributed by atoms with Crippen LogP contribution in [0.5, 0.6) is 0 Å². The number of rotatable bonds is 8. The predicted octanol–water partition coefficient (Wildman–Crippen LogP) is 3.35. The van der Waals surface area contributed by atoms with Crippen LogP contribution in [-0.4, -0.2) is 56.0 Å². The molecule has 0 amide bonds. The van der Waals surface area contributed by atoms with E-state index in [0.29, 0.717) is 13.2 Å². The van der Waals surface area contributed by atoms with Crippen molar-refractivity contribution in [3.63, 3.8) is 0 Å². The van der Waals surface area contributed by atoms with E-state index in [2.05, 4.69) is 55.6 Å². The lowest BCUT2D eigenvalue weighted by atomic mass is 9.93. The molecule has 6 nitrogen and oxygen atoms in total. The molecule has 0 bridgehead atoms. The summed E-state index contributed by atoms with van der Waals surface area (Å²) >= 11 is 1.72. The molecule has 1 fully saturated rings. The molecule has 0 saturated carbocycles. The summed E-state index contributed by atoms with van der Waals surface area (Å²) in [4.78, 5) is 9.42. The second-order valence-electron chi connectivity index (χ2n) is 7.75. The van der Waals surface area contributed by atoms with Crippen molar-refractivity contribution in [1.82, 2.24) is 15.6 Å². The molecule has 2 unspecified atom stereocenters. The van der Waals surface area contributed by atoms with E-state index < -0.39 is 0 Å². The Hall–Kier alpha value is -0.450. The molecular weight excluding hydrogens is 475 g/mol. The number of hydrogen-bond acceptors (Lipinski definition) is 5. The lowest BCUT2D eigenvalue weighted by Crippen LogP contribution is -2.44. The van der Waals surface area contributed by atoms with Crippen molar-refractivity contribution in [3.8, 4) is 0 Å². The Bertz CT molecular complexity index is 568. The van der Waals surface area contributed by atoms with Gasteiger partial charge in [-0.3, -0.25) is 4.99 Å². The van der Waals surface area contributed by atoms with Gasteiger partial charge in [-0.25, -0.2) is 4.98 Å². The monoisotopic (exact) mass is 510 g/mol. The third-order valence-electron chi connectivity index (χ3n) is 4.11. The van der Waals surface area contributed by atoms with Crippen LogP contribution < -0.4 is 10.6 Å². The zero-order valence-corrected chi connectivity index (χ0v) is 20.4. The molecule has 2 rings (SSSR count). The van der Waals surface area contributed by atoms with E-state index in [1.54, 1.807) is 11.3 Å². The number of nitrogens with one attached hydrogen (secondary N) is 2. The maximum absolute atomic E-state index is 5.87. The maximum Gasteiger partial charge on any atom is 0.191 e. The van der Waals surface area contributed by atoms with Gasteiger partial charge in [-0.2, -0.15) is 0 Å². The molecule has 0 aromatic carbocycles. The second-order valence-corrected chi connectivity index (χ2v) is 8.69. The highest BCUT2D eigenvalue weighted by molar-refractivity contribution is 14.0. The molecule has 2 N–H and O–H groups in total. The van der Waals surface area contributed by atoms with Gasteiger partial charge in [0.05, 0.1) is 30.0 Å². The molecule has 1 aromatic heterocycles. The summed E-state index contributed by atoms with van der Waals surface area (Å²) in [6.07, 6.45) is 2.09. The fraction of sp³-hybridized carbons (Fsp3) is 0.789. The summed E-state index contributed by atoms with van der Waals surface area (Å²) in [7, 11) is 0. The van der Waals surface area contributed by atoms with Crippen LogP contribution in [0, 0.1) is 0 Å². The summed E-state index contributed by atoms with van der Waals surface area (Å²) in [5, 5.41) is 10.0. The number of halogens is 1. The topological polar surface area (TPSA) is 67.8 Å². The van der Waals surface area contributed by atoms with Gasteiger partial charge in [0.2, 0.25) is 0 Å². The predicted molar refractivity (Wildman–Crippen MR) is 124 cm³/mol. The Morgan fingerprint density at radius 3 is 2.85 bits per heavy atom.